The van der Waals surface area contributed by atoms with E-state index < -0.39 is 46.9 Å². The third-order valence-electron chi connectivity index (χ3n) is 8.00. The number of alkyl carbamates (subject to hydrolysis) is 1. The van der Waals surface area contributed by atoms with Gasteiger partial charge in [-0.2, -0.15) is 4.31 Å². The van der Waals surface area contributed by atoms with Gasteiger partial charge in [0, 0.05) is 30.6 Å². The van der Waals surface area contributed by atoms with E-state index in [1.807, 2.05) is 74.5 Å². The van der Waals surface area contributed by atoms with Crippen LogP contribution in [-0.4, -0.2) is 68.2 Å². The second-order valence-electron chi connectivity index (χ2n) is 11.8. The molecule has 3 aromatic carbocycles. The zero-order chi connectivity index (χ0) is 33.7. The fourth-order valence-corrected chi connectivity index (χ4v) is 7.05. The molecule has 9 nitrogen and oxygen atoms in total. The average molecular weight is 656 g/mol. The van der Waals surface area contributed by atoms with Crippen LogP contribution < -0.4 is 11.1 Å². The summed E-state index contributed by atoms with van der Waals surface area (Å²) in [7, 11) is -2.78. The maximum absolute atomic E-state index is 15.4. The van der Waals surface area contributed by atoms with Crippen LogP contribution >= 0.6 is 0 Å². The predicted octanol–water partition coefficient (Wildman–Crippen LogP) is 5.69. The molecular weight excluding hydrogens is 609 g/mol. The number of carbonyl (C=O) groups excluding carboxylic acids is 2. The number of alkyl halides is 1. The number of carbonyl (C=O) groups is 2. The molecule has 0 aromatic heterocycles. The molecule has 0 unspecified atom stereocenters. The van der Waals surface area contributed by atoms with E-state index in [0.29, 0.717) is 12.1 Å². The number of hydrogen-bond acceptors (Lipinski definition) is 7. The van der Waals surface area contributed by atoms with Crippen molar-refractivity contribution in [2.24, 2.45) is 5.92 Å². The molecule has 0 saturated carbocycles. The van der Waals surface area contributed by atoms with Crippen molar-refractivity contribution in [3.63, 3.8) is 0 Å². The van der Waals surface area contributed by atoms with E-state index in [2.05, 4.69) is 5.32 Å². The molecule has 4 N–H and O–H groups in total. The van der Waals surface area contributed by atoms with E-state index in [-0.39, 0.29) is 48.8 Å². The molecule has 250 valence electrons. The van der Waals surface area contributed by atoms with Gasteiger partial charge >= 0.3 is 6.09 Å². The third kappa shape index (κ3) is 10.4. The lowest BCUT2D eigenvalue weighted by molar-refractivity contribution is -0.121. The minimum atomic E-state index is -4.00. The number of hydrogen-bond donors (Lipinski definition) is 3. The van der Waals surface area contributed by atoms with E-state index in [4.69, 9.17) is 10.5 Å². The maximum atomic E-state index is 15.4. The first kappa shape index (κ1) is 36.7. The molecule has 0 heterocycles. The molecule has 0 saturated heterocycles. The Hall–Kier alpha value is -3.80. The van der Waals surface area contributed by atoms with Gasteiger partial charge in [0.25, 0.3) is 0 Å². The number of Topliss-reactive ketones (excluding diaryl/α,β-unsaturated/α-hetero) is 1. The topological polar surface area (TPSA) is 139 Å². The molecule has 0 fully saturated rings. The van der Waals surface area contributed by atoms with Crippen molar-refractivity contribution in [1.29, 1.82) is 0 Å². The van der Waals surface area contributed by atoms with Crippen molar-refractivity contribution in [3.05, 3.63) is 96.1 Å². The summed E-state index contributed by atoms with van der Waals surface area (Å²) in [5.41, 5.74) is 7.77. The number of aliphatic hydroxyl groups is 1. The highest BCUT2D eigenvalue weighted by Crippen LogP contribution is 2.30. The number of amides is 1. The number of sulfonamides is 1. The Bertz CT molecular complexity index is 1430. The Kier molecular flexibility index (Phi) is 14.2. The van der Waals surface area contributed by atoms with Crippen molar-refractivity contribution in [1.82, 2.24) is 9.62 Å². The molecule has 0 spiro atoms. The number of nitrogens with zero attached hydrogens (tertiary/aromatic N) is 1. The van der Waals surface area contributed by atoms with Crippen molar-refractivity contribution in [2.75, 3.05) is 26.0 Å². The minimum Gasteiger partial charge on any atom is -0.453 e. The number of ether oxygens (including phenoxy) is 1. The fraction of sp³-hybridized carbons (Fsp3) is 0.429. The van der Waals surface area contributed by atoms with Crippen LogP contribution in [0.4, 0.5) is 14.9 Å². The Morgan fingerprint density at radius 1 is 0.891 bits per heavy atom. The largest absolute Gasteiger partial charge is 0.453 e. The molecule has 46 heavy (non-hydrogen) atoms. The third-order valence-corrected chi connectivity index (χ3v) is 9.97. The SMILES string of the molecule is COC(=O)N[C@H](C(=O)CC[C@@H](F)CC[C@@H](CO)N(CCC(C)C)S(=O)(=O)c1ccc(N)cc1)C(c1ccccc1)c1ccccc1. The van der Waals surface area contributed by atoms with Crippen molar-refractivity contribution in [2.45, 2.75) is 75.0 Å². The number of benzene rings is 3. The van der Waals surface area contributed by atoms with Crippen molar-refractivity contribution >= 4 is 27.6 Å². The first-order chi connectivity index (χ1) is 22.0. The van der Waals surface area contributed by atoms with Crippen LogP contribution in [0.25, 0.3) is 0 Å². The van der Waals surface area contributed by atoms with Crippen LogP contribution in [0.5, 0.6) is 0 Å². The minimum absolute atomic E-state index is 0.0434. The monoisotopic (exact) mass is 655 g/mol. The van der Waals surface area contributed by atoms with E-state index in [1.54, 1.807) is 0 Å². The molecular formula is C35H46FN3O6S. The van der Waals surface area contributed by atoms with Gasteiger partial charge in [-0.05, 0) is 67.0 Å². The van der Waals surface area contributed by atoms with Crippen LogP contribution in [0, 0.1) is 5.92 Å². The van der Waals surface area contributed by atoms with Gasteiger partial charge in [-0.25, -0.2) is 17.6 Å². The summed E-state index contributed by atoms with van der Waals surface area (Å²) >= 11 is 0. The zero-order valence-electron chi connectivity index (χ0n) is 26.7. The zero-order valence-corrected chi connectivity index (χ0v) is 27.5. The summed E-state index contributed by atoms with van der Waals surface area (Å²) in [5, 5.41) is 12.9. The maximum Gasteiger partial charge on any atom is 0.407 e. The molecule has 3 aromatic rings. The highest BCUT2D eigenvalue weighted by Gasteiger charge is 2.34. The van der Waals surface area contributed by atoms with Crippen molar-refractivity contribution in [3.8, 4) is 0 Å². The van der Waals surface area contributed by atoms with Crippen LogP contribution in [-0.2, 0) is 19.6 Å². The van der Waals surface area contributed by atoms with E-state index in [0.717, 1.165) is 11.1 Å². The Labute approximate surface area is 272 Å². The van der Waals surface area contributed by atoms with Gasteiger partial charge in [0.1, 0.15) is 12.2 Å². The van der Waals surface area contributed by atoms with E-state index in [9.17, 15) is 23.1 Å². The first-order valence-corrected chi connectivity index (χ1v) is 17.0. The Balaban J connectivity index is 1.75. The molecule has 0 aliphatic rings. The average Bonchev–Trinajstić information content (AvgIpc) is 3.05. The lowest BCUT2D eigenvalue weighted by Crippen LogP contribution is -2.45. The second-order valence-corrected chi connectivity index (χ2v) is 13.7. The fourth-order valence-electron chi connectivity index (χ4n) is 5.39. The van der Waals surface area contributed by atoms with Gasteiger partial charge in [-0.3, -0.25) is 4.79 Å². The van der Waals surface area contributed by atoms with E-state index in [1.165, 1.54) is 35.7 Å². The second kappa shape index (κ2) is 17.8. The summed E-state index contributed by atoms with van der Waals surface area (Å²) in [4.78, 5) is 26.1. The molecule has 3 rings (SSSR count). The molecule has 3 atom stereocenters. The van der Waals surface area contributed by atoms with Gasteiger partial charge in [-0.15, -0.1) is 0 Å². The number of rotatable bonds is 18. The van der Waals surface area contributed by atoms with Gasteiger partial charge in [0.05, 0.1) is 18.6 Å². The normalized spacial score (nSPS) is 13.8. The standard InChI is InChI=1S/C35H46FN3O6S/c1-25(2)22-23-39(46(43,44)31-19-16-29(37)17-20-31)30(24-40)18-14-28(36)15-21-32(41)34(38-35(42)45-3)33(26-10-6-4-7-11-26)27-12-8-5-9-13-27/h4-13,16-17,19-20,25,28,30,33-34,40H,14-15,18,21-24,37H2,1-3H3,(H,38,42)/t28-,30-,34+/m0/s1. The Morgan fingerprint density at radius 2 is 1.46 bits per heavy atom. The number of methoxy groups -OCH3 is 1. The summed E-state index contributed by atoms with van der Waals surface area (Å²) in [6, 6.07) is 22.5. The van der Waals surface area contributed by atoms with Gasteiger partial charge in [-0.1, -0.05) is 74.5 Å². The summed E-state index contributed by atoms with van der Waals surface area (Å²) in [5.74, 6) is -0.710. The van der Waals surface area contributed by atoms with Crippen LogP contribution in [0.2, 0.25) is 0 Å². The summed E-state index contributed by atoms with van der Waals surface area (Å²) < 4.78 is 48.7. The number of ketones is 1. The number of anilines is 1. The lowest BCUT2D eigenvalue weighted by atomic mass is 9.82. The first-order valence-electron chi connectivity index (χ1n) is 15.6. The molecule has 0 bridgehead atoms. The number of nitrogens with one attached hydrogen (secondary N) is 1. The molecule has 1 amide bonds. The number of nitrogens with two attached hydrogens (primary N) is 1. The molecule has 0 aliphatic carbocycles. The highest BCUT2D eigenvalue weighted by atomic mass is 32.2. The summed E-state index contributed by atoms with van der Waals surface area (Å²) in [6.07, 6.45) is -1.99. The van der Waals surface area contributed by atoms with Gasteiger partial charge in [0.2, 0.25) is 10.0 Å². The van der Waals surface area contributed by atoms with Crippen molar-refractivity contribution < 1.29 is 32.2 Å². The van der Waals surface area contributed by atoms with Crippen LogP contribution in [0.3, 0.4) is 0 Å². The number of nitrogen functional groups attached to an aromatic ring is 1. The molecule has 0 aliphatic heterocycles. The van der Waals surface area contributed by atoms with Crippen LogP contribution in [0.1, 0.15) is 63.0 Å². The Morgan fingerprint density at radius 3 is 1.96 bits per heavy atom. The lowest BCUT2D eigenvalue weighted by Gasteiger charge is -2.31. The predicted molar refractivity (Wildman–Crippen MR) is 178 cm³/mol. The summed E-state index contributed by atoms with van der Waals surface area (Å²) in [6.45, 7) is 3.61. The number of halogens is 1. The smallest absolute Gasteiger partial charge is 0.407 e. The van der Waals surface area contributed by atoms with Crippen LogP contribution in [0.15, 0.2) is 89.8 Å². The number of aliphatic hydroxyl groups excluding tert-OH is 1. The van der Waals surface area contributed by atoms with Gasteiger partial charge in [0.15, 0.2) is 5.78 Å². The van der Waals surface area contributed by atoms with Gasteiger partial charge < -0.3 is 20.9 Å². The molecule has 11 heteroatoms. The molecule has 0 radical (unpaired) electrons. The quantitative estimate of drug-likeness (QED) is 0.150. The van der Waals surface area contributed by atoms with E-state index >= 15 is 4.39 Å². The highest BCUT2D eigenvalue weighted by molar-refractivity contribution is 7.89.